The van der Waals surface area contributed by atoms with Crippen molar-refractivity contribution in [1.82, 2.24) is 9.62 Å². The molecule has 8 nitrogen and oxygen atoms in total. The largest absolute Gasteiger partial charge is 0.495 e. The number of hydrogen-bond donors (Lipinski definition) is 2. The molecule has 0 radical (unpaired) electrons. The minimum atomic E-state index is -3.80. The Morgan fingerprint density at radius 3 is 2.56 bits per heavy atom. The van der Waals surface area contributed by atoms with Crippen LogP contribution in [0.5, 0.6) is 5.75 Å². The Labute approximate surface area is 146 Å². The van der Waals surface area contributed by atoms with Gasteiger partial charge in [0.25, 0.3) is 5.91 Å². The van der Waals surface area contributed by atoms with Gasteiger partial charge in [-0.15, -0.1) is 0 Å². The molecular formula is C16H22N2O6S. The minimum Gasteiger partial charge on any atom is -0.495 e. The van der Waals surface area contributed by atoms with Crippen LogP contribution in [0.2, 0.25) is 0 Å². The number of carbonyl (C=O) groups excluding carboxylic acids is 1. The molecule has 138 valence electrons. The Kier molecular flexibility index (Phi) is 5.69. The highest BCUT2D eigenvalue weighted by Crippen LogP contribution is 2.27. The summed E-state index contributed by atoms with van der Waals surface area (Å²) in [5, 5.41) is 9.24. The van der Waals surface area contributed by atoms with Crippen molar-refractivity contribution < 1.29 is 27.9 Å². The van der Waals surface area contributed by atoms with Gasteiger partial charge < -0.3 is 14.7 Å². The van der Waals surface area contributed by atoms with Crippen molar-refractivity contribution in [3.8, 4) is 5.75 Å². The first-order valence-electron chi connectivity index (χ1n) is 7.83. The SMILES string of the molecule is CNS(=O)(=O)c1cc(C(=O)N2CC(C)CC(C(=O)O)C2)ccc1OC. The molecule has 1 aromatic carbocycles. The number of hydrogen-bond acceptors (Lipinski definition) is 5. The van der Waals surface area contributed by atoms with Crippen LogP contribution in [0.4, 0.5) is 0 Å². The fraction of sp³-hybridized carbons (Fsp3) is 0.500. The van der Waals surface area contributed by atoms with Gasteiger partial charge in [-0.3, -0.25) is 9.59 Å². The summed E-state index contributed by atoms with van der Waals surface area (Å²) in [6.07, 6.45) is 0.515. The first kappa shape index (κ1) is 19.2. The van der Waals surface area contributed by atoms with Crippen LogP contribution in [0.25, 0.3) is 0 Å². The van der Waals surface area contributed by atoms with Gasteiger partial charge >= 0.3 is 5.97 Å². The quantitative estimate of drug-likeness (QED) is 0.792. The minimum absolute atomic E-state index is 0.0533. The van der Waals surface area contributed by atoms with Gasteiger partial charge in [-0.2, -0.15) is 0 Å². The second-order valence-electron chi connectivity index (χ2n) is 6.16. The third kappa shape index (κ3) is 4.10. The van der Waals surface area contributed by atoms with Crippen LogP contribution in [0.1, 0.15) is 23.7 Å². The smallest absolute Gasteiger partial charge is 0.308 e. The maximum absolute atomic E-state index is 12.8. The first-order chi connectivity index (χ1) is 11.7. The number of benzene rings is 1. The molecule has 0 aromatic heterocycles. The van der Waals surface area contributed by atoms with E-state index < -0.39 is 27.8 Å². The Balaban J connectivity index is 2.36. The van der Waals surface area contributed by atoms with Crippen LogP contribution in [0, 0.1) is 11.8 Å². The molecule has 1 amide bonds. The Hall–Kier alpha value is -2.13. The number of carbonyl (C=O) groups is 2. The number of rotatable bonds is 5. The van der Waals surface area contributed by atoms with Gasteiger partial charge in [-0.25, -0.2) is 13.1 Å². The molecule has 1 aliphatic heterocycles. The number of ether oxygens (including phenoxy) is 1. The summed E-state index contributed by atoms with van der Waals surface area (Å²) >= 11 is 0. The highest BCUT2D eigenvalue weighted by molar-refractivity contribution is 7.89. The summed E-state index contributed by atoms with van der Waals surface area (Å²) in [7, 11) is -1.19. The van der Waals surface area contributed by atoms with E-state index in [0.29, 0.717) is 13.0 Å². The van der Waals surface area contributed by atoms with Gasteiger partial charge in [-0.1, -0.05) is 6.92 Å². The lowest BCUT2D eigenvalue weighted by Crippen LogP contribution is -2.45. The third-order valence-electron chi connectivity index (χ3n) is 4.26. The number of likely N-dealkylation sites (tertiary alicyclic amines) is 1. The van der Waals surface area contributed by atoms with Gasteiger partial charge in [0.05, 0.1) is 13.0 Å². The average Bonchev–Trinajstić information content (AvgIpc) is 2.59. The Bertz CT molecular complexity index is 777. The molecule has 2 N–H and O–H groups in total. The zero-order valence-corrected chi connectivity index (χ0v) is 15.2. The molecule has 0 bridgehead atoms. The van der Waals surface area contributed by atoms with E-state index >= 15 is 0 Å². The maximum Gasteiger partial charge on any atom is 0.308 e. The predicted molar refractivity (Wildman–Crippen MR) is 90.0 cm³/mol. The molecule has 0 saturated carbocycles. The van der Waals surface area contributed by atoms with E-state index in [1.54, 1.807) is 0 Å². The van der Waals surface area contributed by atoms with E-state index in [-0.39, 0.29) is 28.7 Å². The molecule has 1 saturated heterocycles. The molecule has 0 spiro atoms. The predicted octanol–water partition coefficient (Wildman–Crippen LogP) is 0.786. The normalized spacial score (nSPS) is 21.0. The monoisotopic (exact) mass is 370 g/mol. The highest BCUT2D eigenvalue weighted by Gasteiger charge is 2.32. The number of nitrogens with zero attached hydrogens (tertiary/aromatic N) is 1. The molecule has 2 unspecified atom stereocenters. The summed E-state index contributed by atoms with van der Waals surface area (Å²) in [6.45, 7) is 2.43. The third-order valence-corrected chi connectivity index (χ3v) is 5.70. The molecule has 1 aliphatic rings. The van der Waals surface area contributed by atoms with E-state index in [2.05, 4.69) is 4.72 Å². The summed E-state index contributed by atoms with van der Waals surface area (Å²) < 4.78 is 31.5. The van der Waals surface area contributed by atoms with Crippen LogP contribution in [-0.2, 0) is 14.8 Å². The summed E-state index contributed by atoms with van der Waals surface area (Å²) in [4.78, 5) is 25.4. The number of nitrogens with one attached hydrogen (secondary N) is 1. The fourth-order valence-corrected chi connectivity index (χ4v) is 3.93. The van der Waals surface area contributed by atoms with Gasteiger partial charge in [-0.05, 0) is 37.6 Å². The van der Waals surface area contributed by atoms with Crippen LogP contribution < -0.4 is 9.46 Å². The number of carboxylic acids is 1. The van der Waals surface area contributed by atoms with E-state index in [9.17, 15) is 23.1 Å². The number of aliphatic carboxylic acids is 1. The van der Waals surface area contributed by atoms with Crippen molar-refractivity contribution in [3.05, 3.63) is 23.8 Å². The van der Waals surface area contributed by atoms with Crippen LogP contribution in [0.3, 0.4) is 0 Å². The molecule has 2 atom stereocenters. The second-order valence-corrected chi connectivity index (χ2v) is 8.01. The van der Waals surface area contributed by atoms with E-state index in [4.69, 9.17) is 4.74 Å². The average molecular weight is 370 g/mol. The van der Waals surface area contributed by atoms with Crippen molar-refractivity contribution >= 4 is 21.9 Å². The standard InChI is InChI=1S/C16H22N2O6S/c1-10-6-12(16(20)21)9-18(8-10)15(19)11-4-5-13(24-3)14(7-11)25(22,23)17-2/h4-5,7,10,12,17H,6,8-9H2,1-3H3,(H,20,21). The molecule has 1 heterocycles. The van der Waals surface area contributed by atoms with Crippen LogP contribution in [-0.4, -0.2) is 57.5 Å². The van der Waals surface area contributed by atoms with E-state index in [1.807, 2.05) is 6.92 Å². The van der Waals surface area contributed by atoms with Crippen LogP contribution in [0.15, 0.2) is 23.1 Å². The zero-order valence-electron chi connectivity index (χ0n) is 14.4. The fourth-order valence-electron chi connectivity index (χ4n) is 3.01. The van der Waals surface area contributed by atoms with Crippen molar-refractivity contribution in [2.45, 2.75) is 18.2 Å². The summed E-state index contributed by atoms with van der Waals surface area (Å²) in [6, 6.07) is 4.15. The van der Waals surface area contributed by atoms with Gasteiger partial charge in [0.15, 0.2) is 0 Å². The molecule has 9 heteroatoms. The highest BCUT2D eigenvalue weighted by atomic mass is 32.2. The number of carboxylic acid groups (broad SMARTS) is 1. The molecule has 1 fully saturated rings. The number of amides is 1. The van der Waals surface area contributed by atoms with Crippen molar-refractivity contribution in [1.29, 1.82) is 0 Å². The molecule has 1 aromatic rings. The topological polar surface area (TPSA) is 113 Å². The zero-order chi connectivity index (χ0) is 18.8. The second kappa shape index (κ2) is 7.40. The Morgan fingerprint density at radius 1 is 1.32 bits per heavy atom. The number of piperidine rings is 1. The van der Waals surface area contributed by atoms with Gasteiger partial charge in [0.1, 0.15) is 10.6 Å². The molecule has 2 rings (SSSR count). The summed E-state index contributed by atoms with van der Waals surface area (Å²) in [5.74, 6) is -1.77. The van der Waals surface area contributed by atoms with Crippen molar-refractivity contribution in [2.75, 3.05) is 27.2 Å². The number of methoxy groups -OCH3 is 1. The van der Waals surface area contributed by atoms with Crippen molar-refractivity contribution in [3.63, 3.8) is 0 Å². The van der Waals surface area contributed by atoms with Crippen molar-refractivity contribution in [2.24, 2.45) is 11.8 Å². The lowest BCUT2D eigenvalue weighted by atomic mass is 9.90. The molecule has 0 aliphatic carbocycles. The summed E-state index contributed by atoms with van der Waals surface area (Å²) in [5.41, 5.74) is 0.174. The van der Waals surface area contributed by atoms with E-state index in [1.165, 1.54) is 37.3 Å². The molecular weight excluding hydrogens is 348 g/mol. The maximum atomic E-state index is 12.8. The van der Waals surface area contributed by atoms with Gasteiger partial charge in [0.2, 0.25) is 10.0 Å². The number of sulfonamides is 1. The van der Waals surface area contributed by atoms with Crippen LogP contribution >= 0.6 is 0 Å². The molecule has 25 heavy (non-hydrogen) atoms. The lowest BCUT2D eigenvalue weighted by molar-refractivity contribution is -0.143. The lowest BCUT2D eigenvalue weighted by Gasteiger charge is -2.34. The van der Waals surface area contributed by atoms with E-state index in [0.717, 1.165) is 0 Å². The first-order valence-corrected chi connectivity index (χ1v) is 9.31. The van der Waals surface area contributed by atoms with Gasteiger partial charge in [0, 0.05) is 18.7 Å². The Morgan fingerprint density at radius 2 is 2.00 bits per heavy atom.